The van der Waals surface area contributed by atoms with E-state index in [-0.39, 0.29) is 0 Å². The van der Waals surface area contributed by atoms with Crippen molar-refractivity contribution in [3.05, 3.63) is 94.3 Å². The second-order valence-corrected chi connectivity index (χ2v) is 8.40. The minimum Gasteiger partial charge on any atom is -0.501 e. The molecule has 0 spiro atoms. The molecule has 2 aromatic heterocycles. The number of nitrogen functional groups attached to an aromatic ring is 1. The van der Waals surface area contributed by atoms with Gasteiger partial charge in [0, 0.05) is 26.1 Å². The van der Waals surface area contributed by atoms with Crippen molar-refractivity contribution in [2.24, 2.45) is 0 Å². The highest BCUT2D eigenvalue weighted by molar-refractivity contribution is 7.09. The van der Waals surface area contributed by atoms with Crippen molar-refractivity contribution in [1.29, 1.82) is 0 Å². The van der Waals surface area contributed by atoms with Crippen LogP contribution in [-0.4, -0.2) is 23.9 Å². The molecule has 0 aliphatic carbocycles. The average molecular weight is 461 g/mol. The van der Waals surface area contributed by atoms with Gasteiger partial charge < -0.3 is 19.7 Å². The minimum atomic E-state index is -0.855. The molecule has 0 aliphatic heterocycles. The molecule has 4 aromatic rings. The molecular formula is C24H26BN4O3S+. The molecule has 2 aromatic carbocycles. The summed E-state index contributed by atoms with van der Waals surface area (Å²) in [6, 6.07) is 19.0. The van der Waals surface area contributed by atoms with Gasteiger partial charge in [0.2, 0.25) is 5.51 Å². The predicted molar refractivity (Wildman–Crippen MR) is 129 cm³/mol. The maximum Gasteiger partial charge on any atom is 0.788 e. The van der Waals surface area contributed by atoms with E-state index in [0.717, 1.165) is 17.7 Å². The van der Waals surface area contributed by atoms with Gasteiger partial charge in [-0.25, -0.2) is 9.97 Å². The summed E-state index contributed by atoms with van der Waals surface area (Å²) in [5.74, 6) is 2.55. The lowest BCUT2D eigenvalue weighted by atomic mass is 10.2. The van der Waals surface area contributed by atoms with Crippen LogP contribution in [0.3, 0.4) is 0 Å². The molecule has 0 saturated carbocycles. The Balaban J connectivity index is 1.38. The zero-order valence-electron chi connectivity index (χ0n) is 18.7. The lowest BCUT2D eigenvalue weighted by Gasteiger charge is -2.15. The van der Waals surface area contributed by atoms with Crippen LogP contribution in [0.25, 0.3) is 0 Å². The Kier molecular flexibility index (Phi) is 7.54. The molecule has 2 heterocycles. The highest BCUT2D eigenvalue weighted by Crippen LogP contribution is 2.17. The normalized spacial score (nSPS) is 10.7. The van der Waals surface area contributed by atoms with Gasteiger partial charge in [0.1, 0.15) is 23.1 Å². The summed E-state index contributed by atoms with van der Waals surface area (Å²) in [6.45, 7) is 5.00. The molecule has 4 rings (SSSR count). The van der Waals surface area contributed by atoms with E-state index in [1.54, 1.807) is 17.5 Å². The standard InChI is InChI=1S/C24H26BN4O3S/c1-18-23(33-17-29(18)16-20-15-27-19(2)28-24(20)26)13-14-30-25(31-21-9-5-3-6-10-21)32-22-11-7-4-8-12-22/h3-12,15,17H,13-14,16H2,1-2H3,(H2,26,27,28)/q+1. The molecule has 0 atom stereocenters. The van der Waals surface area contributed by atoms with Crippen LogP contribution in [0, 0.1) is 13.8 Å². The molecule has 0 radical (unpaired) electrons. The van der Waals surface area contributed by atoms with Gasteiger partial charge >= 0.3 is 7.32 Å². The molecule has 0 saturated heterocycles. The van der Waals surface area contributed by atoms with Crippen molar-refractivity contribution in [2.45, 2.75) is 26.8 Å². The van der Waals surface area contributed by atoms with Crippen LogP contribution in [0.4, 0.5) is 5.82 Å². The summed E-state index contributed by atoms with van der Waals surface area (Å²) in [5.41, 5.74) is 10.2. The summed E-state index contributed by atoms with van der Waals surface area (Å²) in [7, 11) is -0.855. The fourth-order valence-electron chi connectivity index (χ4n) is 3.23. The van der Waals surface area contributed by atoms with Crippen molar-refractivity contribution in [3.8, 4) is 11.5 Å². The van der Waals surface area contributed by atoms with Gasteiger partial charge in [-0.3, -0.25) is 0 Å². The number of thiazole rings is 1. The third-order valence-electron chi connectivity index (χ3n) is 5.05. The fraction of sp³-hybridized carbons (Fsp3) is 0.208. The molecule has 2 N–H and O–H groups in total. The summed E-state index contributed by atoms with van der Waals surface area (Å²) in [4.78, 5) is 9.74. The number of hydrogen-bond donors (Lipinski definition) is 1. The van der Waals surface area contributed by atoms with Gasteiger partial charge in [0.25, 0.3) is 0 Å². The Morgan fingerprint density at radius 3 is 2.21 bits per heavy atom. The molecule has 33 heavy (non-hydrogen) atoms. The zero-order valence-corrected chi connectivity index (χ0v) is 19.5. The first-order chi connectivity index (χ1) is 16.1. The van der Waals surface area contributed by atoms with E-state index >= 15 is 0 Å². The van der Waals surface area contributed by atoms with Gasteiger partial charge in [0.15, 0.2) is 12.2 Å². The van der Waals surface area contributed by atoms with Crippen LogP contribution in [-0.2, 0) is 17.6 Å². The zero-order chi connectivity index (χ0) is 23.0. The Morgan fingerprint density at radius 1 is 0.970 bits per heavy atom. The van der Waals surface area contributed by atoms with E-state index in [4.69, 9.17) is 19.7 Å². The minimum absolute atomic E-state index is 0.446. The molecule has 9 heteroatoms. The number of rotatable bonds is 10. The highest BCUT2D eigenvalue weighted by atomic mass is 32.1. The first kappa shape index (κ1) is 22.8. The van der Waals surface area contributed by atoms with Crippen molar-refractivity contribution < 1.29 is 18.5 Å². The van der Waals surface area contributed by atoms with Crippen LogP contribution in [0.15, 0.2) is 72.4 Å². The van der Waals surface area contributed by atoms with E-state index in [2.05, 4.69) is 27.0 Å². The monoisotopic (exact) mass is 461 g/mol. The smallest absolute Gasteiger partial charge is 0.501 e. The largest absolute Gasteiger partial charge is 0.788 e. The van der Waals surface area contributed by atoms with Crippen LogP contribution in [0.1, 0.15) is 22.0 Å². The topological polar surface area (TPSA) is 83.4 Å². The number of nitrogens with zero attached hydrogens (tertiary/aromatic N) is 3. The van der Waals surface area contributed by atoms with Crippen LogP contribution in [0.5, 0.6) is 11.5 Å². The first-order valence-corrected chi connectivity index (χ1v) is 11.6. The quantitative estimate of drug-likeness (QED) is 0.286. The predicted octanol–water partition coefficient (Wildman–Crippen LogP) is 3.77. The number of hydrogen-bond acceptors (Lipinski definition) is 7. The molecule has 0 unspecified atom stereocenters. The van der Waals surface area contributed by atoms with Gasteiger partial charge in [-0.1, -0.05) is 47.7 Å². The lowest BCUT2D eigenvalue weighted by molar-refractivity contribution is -0.689. The summed E-state index contributed by atoms with van der Waals surface area (Å²) >= 11 is 1.68. The molecule has 0 amide bonds. The maximum absolute atomic E-state index is 6.06. The van der Waals surface area contributed by atoms with Crippen molar-refractivity contribution in [1.82, 2.24) is 9.97 Å². The van der Waals surface area contributed by atoms with Crippen LogP contribution < -0.4 is 19.6 Å². The molecule has 0 fully saturated rings. The molecule has 7 nitrogen and oxygen atoms in total. The van der Waals surface area contributed by atoms with E-state index in [9.17, 15) is 0 Å². The molecule has 0 aliphatic rings. The van der Waals surface area contributed by atoms with E-state index in [0.29, 0.717) is 36.3 Å². The second-order valence-electron chi connectivity index (χ2n) is 7.46. The second kappa shape index (κ2) is 10.9. The Morgan fingerprint density at radius 2 is 1.61 bits per heavy atom. The number of para-hydroxylation sites is 2. The van der Waals surface area contributed by atoms with E-state index < -0.39 is 7.32 Å². The number of nitrogens with two attached hydrogens (primary N) is 1. The van der Waals surface area contributed by atoms with E-state index in [1.807, 2.05) is 67.6 Å². The van der Waals surface area contributed by atoms with Crippen molar-refractivity contribution >= 4 is 24.5 Å². The summed E-state index contributed by atoms with van der Waals surface area (Å²) in [5, 5.41) is 0. The van der Waals surface area contributed by atoms with Gasteiger partial charge in [-0.15, -0.1) is 0 Å². The maximum atomic E-state index is 6.06. The van der Waals surface area contributed by atoms with E-state index in [1.165, 1.54) is 4.88 Å². The fourth-order valence-corrected chi connectivity index (χ4v) is 4.20. The van der Waals surface area contributed by atoms with Crippen molar-refractivity contribution in [2.75, 3.05) is 12.3 Å². The summed E-state index contributed by atoms with van der Waals surface area (Å²) < 4.78 is 20.0. The van der Waals surface area contributed by atoms with Gasteiger partial charge in [-0.2, -0.15) is 4.57 Å². The average Bonchev–Trinajstić information content (AvgIpc) is 3.16. The van der Waals surface area contributed by atoms with Gasteiger partial charge in [-0.05, 0) is 31.2 Å². The SMILES string of the molecule is Cc1ncc(C[n+]2csc(CCOB(Oc3ccccc3)Oc3ccccc3)c2C)c(N)n1. The highest BCUT2D eigenvalue weighted by Gasteiger charge is 2.27. The Bertz CT molecular complexity index is 1130. The summed E-state index contributed by atoms with van der Waals surface area (Å²) in [6.07, 6.45) is 2.52. The van der Waals surface area contributed by atoms with Gasteiger partial charge in [0.05, 0.1) is 10.4 Å². The van der Waals surface area contributed by atoms with Crippen LogP contribution in [0.2, 0.25) is 0 Å². The van der Waals surface area contributed by atoms with Crippen molar-refractivity contribution in [3.63, 3.8) is 0 Å². The number of anilines is 1. The third-order valence-corrected chi connectivity index (χ3v) is 6.19. The number of aromatic nitrogens is 3. The van der Waals surface area contributed by atoms with Crippen LogP contribution >= 0.6 is 11.3 Å². The Hall–Kier alpha value is -3.43. The Labute approximate surface area is 198 Å². The number of aryl methyl sites for hydroxylation is 1. The molecule has 168 valence electrons. The number of benzene rings is 2. The third kappa shape index (κ3) is 6.30. The molecule has 0 bridgehead atoms. The first-order valence-electron chi connectivity index (χ1n) is 10.7. The lowest BCUT2D eigenvalue weighted by Crippen LogP contribution is -2.36. The molecular weight excluding hydrogens is 435 g/mol.